The van der Waals surface area contributed by atoms with E-state index in [9.17, 15) is 0 Å². The number of aromatic nitrogens is 2. The Morgan fingerprint density at radius 2 is 1.81 bits per heavy atom. The van der Waals surface area contributed by atoms with Crippen LogP contribution >= 0.6 is 0 Å². The molecule has 3 heteroatoms. The average Bonchev–Trinajstić information content (AvgIpc) is 2.99. The fourth-order valence-electron chi connectivity index (χ4n) is 3.06. The Bertz CT molecular complexity index is 550. The number of hydrogen-bond acceptors (Lipinski definition) is 2. The minimum atomic E-state index is 0.629. The third kappa shape index (κ3) is 3.94. The molecule has 2 aromatic rings. The fourth-order valence-corrected chi connectivity index (χ4v) is 3.06. The molecule has 0 aliphatic heterocycles. The van der Waals surface area contributed by atoms with Gasteiger partial charge >= 0.3 is 0 Å². The SMILES string of the molecule is Cc1ccc(CNCc2ccn(C3CCCCC3)n2)cc1. The Hall–Kier alpha value is -1.61. The van der Waals surface area contributed by atoms with Gasteiger partial charge in [0.2, 0.25) is 0 Å². The summed E-state index contributed by atoms with van der Waals surface area (Å²) < 4.78 is 2.18. The molecule has 0 radical (unpaired) electrons. The third-order valence-electron chi connectivity index (χ3n) is 4.37. The van der Waals surface area contributed by atoms with E-state index >= 15 is 0 Å². The Labute approximate surface area is 127 Å². The molecule has 1 aromatic carbocycles. The molecular formula is C18H25N3. The lowest BCUT2D eigenvalue weighted by Gasteiger charge is -2.21. The summed E-state index contributed by atoms with van der Waals surface area (Å²) in [6.45, 7) is 3.86. The molecule has 1 fully saturated rings. The van der Waals surface area contributed by atoms with E-state index in [0.29, 0.717) is 6.04 Å². The van der Waals surface area contributed by atoms with Crippen LogP contribution in [-0.4, -0.2) is 9.78 Å². The van der Waals surface area contributed by atoms with E-state index in [2.05, 4.69) is 53.5 Å². The van der Waals surface area contributed by atoms with Crippen molar-refractivity contribution >= 4 is 0 Å². The number of nitrogens with one attached hydrogen (secondary N) is 1. The number of rotatable bonds is 5. The van der Waals surface area contributed by atoms with Crippen LogP contribution in [0.1, 0.15) is 55.0 Å². The van der Waals surface area contributed by atoms with Crippen molar-refractivity contribution in [2.45, 2.75) is 58.2 Å². The largest absolute Gasteiger partial charge is 0.307 e. The van der Waals surface area contributed by atoms with Gasteiger partial charge in [-0.3, -0.25) is 4.68 Å². The molecule has 3 nitrogen and oxygen atoms in total. The van der Waals surface area contributed by atoms with Crippen molar-refractivity contribution in [2.24, 2.45) is 0 Å². The summed E-state index contributed by atoms with van der Waals surface area (Å²) in [6.07, 6.45) is 8.83. The predicted molar refractivity (Wildman–Crippen MR) is 86.1 cm³/mol. The van der Waals surface area contributed by atoms with Crippen LogP contribution in [0.5, 0.6) is 0 Å². The van der Waals surface area contributed by atoms with Crippen molar-refractivity contribution < 1.29 is 0 Å². The molecule has 0 saturated heterocycles. The van der Waals surface area contributed by atoms with Crippen LogP contribution in [0.15, 0.2) is 36.5 Å². The molecule has 1 heterocycles. The lowest BCUT2D eigenvalue weighted by Crippen LogP contribution is -2.16. The lowest BCUT2D eigenvalue weighted by molar-refractivity contribution is 0.327. The highest BCUT2D eigenvalue weighted by atomic mass is 15.3. The first-order chi connectivity index (χ1) is 10.3. The first-order valence-corrected chi connectivity index (χ1v) is 8.11. The Morgan fingerprint density at radius 3 is 2.57 bits per heavy atom. The zero-order chi connectivity index (χ0) is 14.5. The van der Waals surface area contributed by atoms with Crippen molar-refractivity contribution in [1.82, 2.24) is 15.1 Å². The number of aryl methyl sites for hydroxylation is 1. The number of benzene rings is 1. The van der Waals surface area contributed by atoms with E-state index in [1.54, 1.807) is 0 Å². The van der Waals surface area contributed by atoms with Gasteiger partial charge in [0.05, 0.1) is 11.7 Å². The van der Waals surface area contributed by atoms with Crippen LogP contribution < -0.4 is 5.32 Å². The Kier molecular flexibility index (Phi) is 4.71. The molecule has 112 valence electrons. The molecule has 0 spiro atoms. The zero-order valence-corrected chi connectivity index (χ0v) is 12.9. The van der Waals surface area contributed by atoms with E-state index in [-0.39, 0.29) is 0 Å². The summed E-state index contributed by atoms with van der Waals surface area (Å²) in [5, 5.41) is 8.21. The molecule has 1 aromatic heterocycles. The maximum Gasteiger partial charge on any atom is 0.0762 e. The van der Waals surface area contributed by atoms with Crippen molar-refractivity contribution in [3.05, 3.63) is 53.3 Å². The molecule has 21 heavy (non-hydrogen) atoms. The van der Waals surface area contributed by atoms with Crippen molar-refractivity contribution in [3.63, 3.8) is 0 Å². The average molecular weight is 283 g/mol. The van der Waals surface area contributed by atoms with Crippen LogP contribution in [0.4, 0.5) is 0 Å². The van der Waals surface area contributed by atoms with Gasteiger partial charge in [0, 0.05) is 19.3 Å². The second-order valence-corrected chi connectivity index (χ2v) is 6.17. The summed E-state index contributed by atoms with van der Waals surface area (Å²) in [5.74, 6) is 0. The van der Waals surface area contributed by atoms with Gasteiger partial charge in [0.1, 0.15) is 0 Å². The second kappa shape index (κ2) is 6.90. The lowest BCUT2D eigenvalue weighted by atomic mass is 9.96. The minimum Gasteiger partial charge on any atom is -0.307 e. The van der Waals surface area contributed by atoms with Crippen molar-refractivity contribution in [2.75, 3.05) is 0 Å². The molecule has 3 rings (SSSR count). The van der Waals surface area contributed by atoms with Crippen LogP contribution in [-0.2, 0) is 13.1 Å². The molecule has 0 amide bonds. The van der Waals surface area contributed by atoms with Gasteiger partial charge in [-0.2, -0.15) is 5.10 Å². The van der Waals surface area contributed by atoms with Crippen molar-refractivity contribution in [1.29, 1.82) is 0 Å². The van der Waals surface area contributed by atoms with E-state index in [1.807, 2.05) is 0 Å². The first kappa shape index (κ1) is 14.3. The highest BCUT2D eigenvalue weighted by molar-refractivity contribution is 5.21. The van der Waals surface area contributed by atoms with Gasteiger partial charge in [-0.25, -0.2) is 0 Å². The molecule has 1 saturated carbocycles. The molecule has 1 aliphatic carbocycles. The van der Waals surface area contributed by atoms with E-state index in [4.69, 9.17) is 5.10 Å². The topological polar surface area (TPSA) is 29.9 Å². The molecule has 1 aliphatic rings. The summed E-state index contributed by atoms with van der Waals surface area (Å²) in [4.78, 5) is 0. The van der Waals surface area contributed by atoms with Gasteiger partial charge in [-0.1, -0.05) is 49.1 Å². The van der Waals surface area contributed by atoms with Crippen LogP contribution in [0, 0.1) is 6.92 Å². The van der Waals surface area contributed by atoms with Gasteiger partial charge in [-0.15, -0.1) is 0 Å². The summed E-state index contributed by atoms with van der Waals surface area (Å²) in [7, 11) is 0. The Balaban J connectivity index is 1.49. The number of hydrogen-bond donors (Lipinski definition) is 1. The monoisotopic (exact) mass is 283 g/mol. The maximum atomic E-state index is 4.73. The predicted octanol–water partition coefficient (Wildman–Crippen LogP) is 3.99. The molecule has 1 N–H and O–H groups in total. The standard InChI is InChI=1S/C18H25N3/c1-15-7-9-16(10-8-15)13-19-14-17-11-12-21(20-17)18-5-3-2-4-6-18/h7-12,18-19H,2-6,13-14H2,1H3. The minimum absolute atomic E-state index is 0.629. The fraction of sp³-hybridized carbons (Fsp3) is 0.500. The van der Waals surface area contributed by atoms with Gasteiger partial charge in [-0.05, 0) is 31.4 Å². The summed E-state index contributed by atoms with van der Waals surface area (Å²) in [5.41, 5.74) is 3.78. The zero-order valence-electron chi connectivity index (χ0n) is 12.9. The third-order valence-corrected chi connectivity index (χ3v) is 4.37. The van der Waals surface area contributed by atoms with E-state index in [0.717, 1.165) is 18.8 Å². The van der Waals surface area contributed by atoms with Gasteiger partial charge in [0.25, 0.3) is 0 Å². The number of nitrogens with zero attached hydrogens (tertiary/aromatic N) is 2. The van der Waals surface area contributed by atoms with Gasteiger partial charge in [0.15, 0.2) is 0 Å². The smallest absolute Gasteiger partial charge is 0.0762 e. The normalized spacial score (nSPS) is 16.2. The maximum absolute atomic E-state index is 4.73. The molecule has 0 unspecified atom stereocenters. The quantitative estimate of drug-likeness (QED) is 0.899. The van der Waals surface area contributed by atoms with Gasteiger partial charge < -0.3 is 5.32 Å². The summed E-state index contributed by atoms with van der Waals surface area (Å²) >= 11 is 0. The Morgan fingerprint density at radius 1 is 1.05 bits per heavy atom. The molecule has 0 atom stereocenters. The van der Waals surface area contributed by atoms with Crippen LogP contribution in [0.2, 0.25) is 0 Å². The van der Waals surface area contributed by atoms with Crippen molar-refractivity contribution in [3.8, 4) is 0 Å². The first-order valence-electron chi connectivity index (χ1n) is 8.11. The second-order valence-electron chi connectivity index (χ2n) is 6.17. The molecule has 0 bridgehead atoms. The summed E-state index contributed by atoms with van der Waals surface area (Å²) in [6, 6.07) is 11.5. The van der Waals surface area contributed by atoms with Crippen LogP contribution in [0.25, 0.3) is 0 Å². The molecular weight excluding hydrogens is 258 g/mol. The highest BCUT2D eigenvalue weighted by Crippen LogP contribution is 2.27. The van der Waals surface area contributed by atoms with E-state index in [1.165, 1.54) is 43.2 Å². The van der Waals surface area contributed by atoms with E-state index < -0.39 is 0 Å². The van der Waals surface area contributed by atoms with Crippen LogP contribution in [0.3, 0.4) is 0 Å². The highest BCUT2D eigenvalue weighted by Gasteiger charge is 2.15.